The predicted octanol–water partition coefficient (Wildman–Crippen LogP) is 7.35. The maximum atomic E-state index is 11.1. The fraction of sp³-hybridized carbons (Fsp3) is 0.960. The van der Waals surface area contributed by atoms with Crippen LogP contribution in [0, 0.1) is 0 Å². The van der Waals surface area contributed by atoms with Crippen molar-refractivity contribution >= 4 is 35.5 Å². The van der Waals surface area contributed by atoms with Crippen LogP contribution in [0.1, 0.15) is 142 Å². The standard InChI is InChI=1S/C25H50O3.Na/c1-3-4-5-6-7-8-9-10-11-12-13-14-15-16-17-18-19-20-21-22-23-28-25(27)24(2)26;/h24,26H,3-23H2,1-2H3;. The second-order valence-electron chi connectivity index (χ2n) is 8.56. The largest absolute Gasteiger partial charge is 0.464 e. The van der Waals surface area contributed by atoms with Crippen LogP contribution < -0.4 is 0 Å². The molecule has 0 heterocycles. The Bertz CT molecular complexity index is 321. The number of esters is 1. The summed E-state index contributed by atoms with van der Waals surface area (Å²) in [5, 5.41) is 9.01. The summed E-state index contributed by atoms with van der Waals surface area (Å²) >= 11 is 0. The normalized spacial score (nSPS) is 11.8. The van der Waals surface area contributed by atoms with Crippen LogP contribution in [0.4, 0.5) is 0 Å². The van der Waals surface area contributed by atoms with Gasteiger partial charge in [-0.15, -0.1) is 0 Å². The van der Waals surface area contributed by atoms with Gasteiger partial charge in [-0.2, -0.15) is 0 Å². The zero-order valence-electron chi connectivity index (χ0n) is 20.2. The summed E-state index contributed by atoms with van der Waals surface area (Å²) in [5.74, 6) is -0.502. The summed E-state index contributed by atoms with van der Waals surface area (Å²) < 4.78 is 4.95. The molecule has 3 nitrogen and oxygen atoms in total. The summed E-state index contributed by atoms with van der Waals surface area (Å²) in [6.07, 6.45) is 26.3. The molecular formula is C25H50NaO3. The van der Waals surface area contributed by atoms with Crippen molar-refractivity contribution in [2.45, 2.75) is 148 Å². The van der Waals surface area contributed by atoms with E-state index in [9.17, 15) is 4.79 Å². The van der Waals surface area contributed by atoms with Crippen molar-refractivity contribution in [2.75, 3.05) is 6.61 Å². The molecular weight excluding hydrogens is 371 g/mol. The first-order chi connectivity index (χ1) is 13.7. The molecule has 169 valence electrons. The smallest absolute Gasteiger partial charge is 0.334 e. The summed E-state index contributed by atoms with van der Waals surface area (Å²) in [7, 11) is 0. The molecule has 0 aliphatic rings. The molecule has 1 N–H and O–H groups in total. The number of carbonyl (C=O) groups is 1. The van der Waals surface area contributed by atoms with Gasteiger partial charge in [-0.25, -0.2) is 4.79 Å². The van der Waals surface area contributed by atoms with Gasteiger partial charge in [0.2, 0.25) is 0 Å². The van der Waals surface area contributed by atoms with E-state index in [-0.39, 0.29) is 29.6 Å². The second kappa shape index (κ2) is 26.5. The van der Waals surface area contributed by atoms with Gasteiger partial charge in [0, 0.05) is 29.6 Å². The molecule has 0 fully saturated rings. The Morgan fingerprint density at radius 2 is 0.897 bits per heavy atom. The molecule has 0 saturated heterocycles. The van der Waals surface area contributed by atoms with E-state index in [0.29, 0.717) is 6.61 Å². The molecule has 0 rings (SSSR count). The molecule has 1 atom stereocenters. The topological polar surface area (TPSA) is 46.5 Å². The van der Waals surface area contributed by atoms with Gasteiger partial charge in [-0.1, -0.05) is 129 Å². The van der Waals surface area contributed by atoms with Crippen LogP contribution in [0.25, 0.3) is 0 Å². The Labute approximate surface area is 204 Å². The minimum atomic E-state index is -0.995. The van der Waals surface area contributed by atoms with Crippen LogP contribution in [-0.2, 0) is 9.53 Å². The summed E-state index contributed by atoms with van der Waals surface area (Å²) in [6.45, 7) is 4.18. The average Bonchev–Trinajstić information content (AvgIpc) is 2.68. The van der Waals surface area contributed by atoms with Crippen molar-refractivity contribution in [1.82, 2.24) is 0 Å². The molecule has 0 aliphatic carbocycles. The Morgan fingerprint density at radius 3 is 1.17 bits per heavy atom. The molecule has 0 amide bonds. The number of carbonyl (C=O) groups excluding carboxylic acids is 1. The van der Waals surface area contributed by atoms with E-state index < -0.39 is 12.1 Å². The zero-order valence-corrected chi connectivity index (χ0v) is 22.2. The van der Waals surface area contributed by atoms with Crippen molar-refractivity contribution in [1.29, 1.82) is 0 Å². The number of hydrogen-bond donors (Lipinski definition) is 1. The van der Waals surface area contributed by atoms with Gasteiger partial charge < -0.3 is 9.84 Å². The van der Waals surface area contributed by atoms with Crippen molar-refractivity contribution in [3.05, 3.63) is 0 Å². The van der Waals surface area contributed by atoms with Gasteiger partial charge in [-0.3, -0.25) is 0 Å². The average molecular weight is 422 g/mol. The summed E-state index contributed by atoms with van der Waals surface area (Å²) in [4.78, 5) is 11.1. The Morgan fingerprint density at radius 1 is 0.621 bits per heavy atom. The molecule has 4 heteroatoms. The molecule has 1 radical (unpaired) electrons. The Balaban J connectivity index is 0. The fourth-order valence-corrected chi connectivity index (χ4v) is 3.65. The number of unbranched alkanes of at least 4 members (excludes halogenated alkanes) is 19. The third-order valence-electron chi connectivity index (χ3n) is 5.58. The maximum absolute atomic E-state index is 11.1. The second-order valence-corrected chi connectivity index (χ2v) is 8.56. The van der Waals surface area contributed by atoms with Gasteiger partial charge in [-0.05, 0) is 13.3 Å². The van der Waals surface area contributed by atoms with Crippen LogP contribution in [0.5, 0.6) is 0 Å². The van der Waals surface area contributed by atoms with Gasteiger partial charge in [0.05, 0.1) is 6.61 Å². The van der Waals surface area contributed by atoms with Crippen LogP contribution >= 0.6 is 0 Å². The van der Waals surface area contributed by atoms with E-state index in [4.69, 9.17) is 9.84 Å². The van der Waals surface area contributed by atoms with E-state index in [0.717, 1.165) is 12.8 Å². The molecule has 0 bridgehead atoms. The van der Waals surface area contributed by atoms with Crippen LogP contribution in [-0.4, -0.2) is 53.3 Å². The van der Waals surface area contributed by atoms with Gasteiger partial charge in [0.25, 0.3) is 0 Å². The maximum Gasteiger partial charge on any atom is 0.334 e. The first-order valence-electron chi connectivity index (χ1n) is 12.5. The van der Waals surface area contributed by atoms with Crippen LogP contribution in [0.2, 0.25) is 0 Å². The number of ether oxygens (including phenoxy) is 1. The SMILES string of the molecule is CCCCCCCCCCCCCCCCCCCCCCOC(=O)C(C)O.[Na]. The predicted molar refractivity (Wildman–Crippen MR) is 126 cm³/mol. The first-order valence-corrected chi connectivity index (χ1v) is 12.5. The molecule has 0 aromatic heterocycles. The number of aliphatic hydroxyl groups excluding tert-OH is 1. The fourth-order valence-electron chi connectivity index (χ4n) is 3.65. The quantitative estimate of drug-likeness (QED) is 0.113. The summed E-state index contributed by atoms with van der Waals surface area (Å²) in [6, 6.07) is 0. The Hall–Kier alpha value is 0.430. The van der Waals surface area contributed by atoms with Gasteiger partial charge in [0.1, 0.15) is 6.10 Å². The van der Waals surface area contributed by atoms with Crippen LogP contribution in [0.3, 0.4) is 0 Å². The van der Waals surface area contributed by atoms with E-state index >= 15 is 0 Å². The molecule has 0 aromatic carbocycles. The first kappa shape index (κ1) is 31.6. The minimum absolute atomic E-state index is 0. The zero-order chi connectivity index (χ0) is 20.7. The number of rotatable bonds is 22. The molecule has 0 spiro atoms. The number of hydrogen-bond acceptors (Lipinski definition) is 3. The molecule has 0 aromatic rings. The number of aliphatic hydroxyl groups is 1. The monoisotopic (exact) mass is 421 g/mol. The van der Waals surface area contributed by atoms with E-state index in [1.807, 2.05) is 0 Å². The van der Waals surface area contributed by atoms with Gasteiger partial charge in [0.15, 0.2) is 0 Å². The van der Waals surface area contributed by atoms with Crippen molar-refractivity contribution in [2.24, 2.45) is 0 Å². The third kappa shape index (κ3) is 26.4. The third-order valence-corrected chi connectivity index (χ3v) is 5.58. The molecule has 1 unspecified atom stereocenters. The van der Waals surface area contributed by atoms with E-state index in [1.165, 1.54) is 122 Å². The molecule has 0 aliphatic heterocycles. The molecule has 0 saturated carbocycles. The van der Waals surface area contributed by atoms with E-state index in [1.54, 1.807) is 0 Å². The van der Waals surface area contributed by atoms with Crippen molar-refractivity contribution in [3.8, 4) is 0 Å². The van der Waals surface area contributed by atoms with Crippen molar-refractivity contribution in [3.63, 3.8) is 0 Å². The van der Waals surface area contributed by atoms with E-state index in [2.05, 4.69) is 6.92 Å². The summed E-state index contributed by atoms with van der Waals surface area (Å²) in [5.41, 5.74) is 0. The van der Waals surface area contributed by atoms with Crippen LogP contribution in [0.15, 0.2) is 0 Å². The Kier molecular flexibility index (Phi) is 28.9. The van der Waals surface area contributed by atoms with Crippen molar-refractivity contribution < 1.29 is 14.6 Å². The van der Waals surface area contributed by atoms with Gasteiger partial charge >= 0.3 is 5.97 Å². The molecule has 29 heavy (non-hydrogen) atoms. The minimum Gasteiger partial charge on any atom is -0.464 e.